The third-order valence-electron chi connectivity index (χ3n) is 4.79. The Labute approximate surface area is 207 Å². The van der Waals surface area contributed by atoms with Crippen molar-refractivity contribution in [3.63, 3.8) is 0 Å². The van der Waals surface area contributed by atoms with E-state index in [2.05, 4.69) is 31.4 Å². The van der Waals surface area contributed by atoms with Crippen molar-refractivity contribution in [2.45, 2.75) is 5.16 Å². The predicted octanol–water partition coefficient (Wildman–Crippen LogP) is 4.10. The topological polar surface area (TPSA) is 106 Å². The van der Waals surface area contributed by atoms with Crippen LogP contribution in [0.25, 0.3) is 16.6 Å². The summed E-state index contributed by atoms with van der Waals surface area (Å²) in [5.41, 5.74) is 3.79. The average molecular weight is 539 g/mol. The Kier molecular flexibility index (Phi) is 7.29. The van der Waals surface area contributed by atoms with Crippen LogP contribution in [0.15, 0.2) is 86.3 Å². The van der Waals surface area contributed by atoms with Gasteiger partial charge in [0.25, 0.3) is 11.5 Å². The van der Waals surface area contributed by atoms with E-state index in [0.29, 0.717) is 33.1 Å². The lowest BCUT2D eigenvalue weighted by Gasteiger charge is -2.13. The van der Waals surface area contributed by atoms with Gasteiger partial charge in [0.1, 0.15) is 11.5 Å². The number of nitrogens with one attached hydrogen (secondary N) is 1. The standard InChI is InChI=1S/C24H19BrN4O4S/c1-33-18-9-7-17(8-10-18)29-23(32)19-4-2-3-5-20(19)27-24(29)34-14-22(31)28-26-13-15-12-16(25)6-11-21(15)30/h2-13,30H,14H2,1H3,(H,28,31)/b26-13-. The number of aromatic nitrogens is 2. The quantitative estimate of drug-likeness (QED) is 0.159. The minimum absolute atomic E-state index is 0.0251. The molecule has 0 spiro atoms. The van der Waals surface area contributed by atoms with Crippen LogP contribution < -0.4 is 15.7 Å². The summed E-state index contributed by atoms with van der Waals surface area (Å²) in [6.45, 7) is 0. The first-order valence-corrected chi connectivity index (χ1v) is 11.8. The number of hydrazone groups is 1. The third-order valence-corrected chi connectivity index (χ3v) is 6.22. The van der Waals surface area contributed by atoms with Crippen molar-refractivity contribution in [2.24, 2.45) is 5.10 Å². The molecule has 0 radical (unpaired) electrons. The number of ether oxygens (including phenoxy) is 1. The minimum Gasteiger partial charge on any atom is -0.507 e. The Bertz CT molecular complexity index is 1440. The van der Waals surface area contributed by atoms with Crippen molar-refractivity contribution in [3.05, 3.63) is 87.1 Å². The number of para-hydroxylation sites is 1. The Morgan fingerprint density at radius 1 is 1.21 bits per heavy atom. The molecule has 0 aliphatic rings. The highest BCUT2D eigenvalue weighted by atomic mass is 79.9. The number of carbonyl (C=O) groups is 1. The molecule has 0 atom stereocenters. The summed E-state index contributed by atoms with van der Waals surface area (Å²) in [7, 11) is 1.57. The largest absolute Gasteiger partial charge is 0.507 e. The lowest BCUT2D eigenvalue weighted by atomic mass is 10.2. The number of carbonyl (C=O) groups excluding carboxylic acids is 1. The molecule has 8 nitrogen and oxygen atoms in total. The number of phenols is 1. The fourth-order valence-electron chi connectivity index (χ4n) is 3.13. The van der Waals surface area contributed by atoms with Crippen LogP contribution in [-0.4, -0.2) is 39.6 Å². The summed E-state index contributed by atoms with van der Waals surface area (Å²) >= 11 is 4.44. The van der Waals surface area contributed by atoms with Gasteiger partial charge in [-0.25, -0.2) is 10.4 Å². The van der Waals surface area contributed by atoms with Crippen LogP contribution in [0.2, 0.25) is 0 Å². The number of hydrogen-bond acceptors (Lipinski definition) is 7. The lowest BCUT2D eigenvalue weighted by Crippen LogP contribution is -2.24. The fraction of sp³-hybridized carbons (Fsp3) is 0.0833. The number of hydrogen-bond donors (Lipinski definition) is 2. The van der Waals surface area contributed by atoms with Gasteiger partial charge in [0.2, 0.25) is 0 Å². The molecule has 172 valence electrons. The molecule has 1 aromatic heterocycles. The van der Waals surface area contributed by atoms with E-state index < -0.39 is 0 Å². The summed E-state index contributed by atoms with van der Waals surface area (Å²) in [4.78, 5) is 30.3. The summed E-state index contributed by atoms with van der Waals surface area (Å²) in [5, 5.41) is 14.6. The van der Waals surface area contributed by atoms with Crippen LogP contribution in [-0.2, 0) is 4.79 Å². The van der Waals surface area contributed by atoms with Crippen LogP contribution in [0.3, 0.4) is 0 Å². The van der Waals surface area contributed by atoms with Crippen LogP contribution in [0.4, 0.5) is 0 Å². The van der Waals surface area contributed by atoms with Gasteiger partial charge in [0.05, 0.1) is 35.7 Å². The number of amides is 1. The molecule has 3 aromatic carbocycles. The molecule has 0 aliphatic heterocycles. The molecule has 1 amide bonds. The first kappa shape index (κ1) is 23.5. The van der Waals surface area contributed by atoms with Crippen molar-refractivity contribution >= 4 is 50.7 Å². The van der Waals surface area contributed by atoms with E-state index in [1.54, 1.807) is 67.8 Å². The smallest absolute Gasteiger partial charge is 0.266 e. The van der Waals surface area contributed by atoms with Gasteiger partial charge in [-0.05, 0) is 54.6 Å². The molecule has 0 saturated carbocycles. The van der Waals surface area contributed by atoms with Gasteiger partial charge < -0.3 is 9.84 Å². The zero-order valence-corrected chi connectivity index (χ0v) is 20.3. The van der Waals surface area contributed by atoms with E-state index >= 15 is 0 Å². The molecule has 34 heavy (non-hydrogen) atoms. The van der Waals surface area contributed by atoms with Gasteiger partial charge >= 0.3 is 0 Å². The molecule has 2 N–H and O–H groups in total. The van der Waals surface area contributed by atoms with E-state index in [4.69, 9.17) is 4.74 Å². The maximum Gasteiger partial charge on any atom is 0.266 e. The maximum absolute atomic E-state index is 13.3. The second kappa shape index (κ2) is 10.5. The number of nitrogens with zero attached hydrogens (tertiary/aromatic N) is 3. The van der Waals surface area contributed by atoms with Crippen LogP contribution >= 0.6 is 27.7 Å². The third kappa shape index (κ3) is 5.29. The van der Waals surface area contributed by atoms with Gasteiger partial charge in [0, 0.05) is 10.0 Å². The molecule has 1 heterocycles. The summed E-state index contributed by atoms with van der Waals surface area (Å²) in [6.07, 6.45) is 1.35. The highest BCUT2D eigenvalue weighted by Crippen LogP contribution is 2.23. The zero-order valence-electron chi connectivity index (χ0n) is 17.9. The van der Waals surface area contributed by atoms with Crippen molar-refractivity contribution in [1.82, 2.24) is 15.0 Å². The Hall–Kier alpha value is -3.63. The van der Waals surface area contributed by atoms with Crippen molar-refractivity contribution in [2.75, 3.05) is 12.9 Å². The van der Waals surface area contributed by atoms with E-state index in [0.717, 1.165) is 16.2 Å². The molecular weight excluding hydrogens is 520 g/mol. The average Bonchev–Trinajstić information content (AvgIpc) is 2.85. The molecule has 0 bridgehead atoms. The van der Waals surface area contributed by atoms with Crippen molar-refractivity contribution < 1.29 is 14.6 Å². The molecule has 0 fully saturated rings. The number of thioether (sulfide) groups is 1. The highest BCUT2D eigenvalue weighted by molar-refractivity contribution is 9.10. The van der Waals surface area contributed by atoms with Crippen LogP contribution in [0.1, 0.15) is 5.56 Å². The van der Waals surface area contributed by atoms with Gasteiger partial charge in [0.15, 0.2) is 5.16 Å². The molecule has 4 aromatic rings. The number of aromatic hydroxyl groups is 1. The number of halogens is 1. The van der Waals surface area contributed by atoms with Gasteiger partial charge in [-0.3, -0.25) is 14.2 Å². The first-order chi connectivity index (χ1) is 16.5. The normalized spacial score (nSPS) is 11.1. The second-order valence-corrected chi connectivity index (χ2v) is 8.89. The minimum atomic E-state index is -0.389. The van der Waals surface area contributed by atoms with Gasteiger partial charge in [-0.15, -0.1) is 0 Å². The van der Waals surface area contributed by atoms with E-state index in [1.807, 2.05) is 0 Å². The molecule has 0 unspecified atom stereocenters. The number of rotatable bonds is 7. The zero-order chi connectivity index (χ0) is 24.1. The summed E-state index contributed by atoms with van der Waals surface area (Å²) in [6, 6.07) is 19.0. The van der Waals surface area contributed by atoms with Gasteiger partial charge in [-0.2, -0.15) is 5.10 Å². The first-order valence-electron chi connectivity index (χ1n) is 10.1. The monoisotopic (exact) mass is 538 g/mol. The van der Waals surface area contributed by atoms with E-state index in [9.17, 15) is 14.7 Å². The van der Waals surface area contributed by atoms with E-state index in [-0.39, 0.29) is 23.0 Å². The van der Waals surface area contributed by atoms with Gasteiger partial charge in [-0.1, -0.05) is 39.8 Å². The number of phenolic OH excluding ortho intramolecular Hbond substituents is 1. The van der Waals surface area contributed by atoms with Crippen LogP contribution in [0, 0.1) is 0 Å². The summed E-state index contributed by atoms with van der Waals surface area (Å²) < 4.78 is 7.45. The van der Waals surface area contributed by atoms with Crippen LogP contribution in [0.5, 0.6) is 11.5 Å². The molecular formula is C24H19BrN4O4S. The number of benzene rings is 3. The lowest BCUT2D eigenvalue weighted by molar-refractivity contribution is -0.118. The molecule has 10 heteroatoms. The number of methoxy groups -OCH3 is 1. The van der Waals surface area contributed by atoms with Crippen molar-refractivity contribution in [3.8, 4) is 17.2 Å². The Morgan fingerprint density at radius 3 is 2.74 bits per heavy atom. The Balaban J connectivity index is 1.57. The molecule has 0 aliphatic carbocycles. The molecule has 4 rings (SSSR count). The maximum atomic E-state index is 13.3. The highest BCUT2D eigenvalue weighted by Gasteiger charge is 2.15. The summed E-state index contributed by atoms with van der Waals surface area (Å²) in [5.74, 6) is 0.287. The fourth-order valence-corrected chi connectivity index (χ4v) is 4.32. The SMILES string of the molecule is COc1ccc(-n2c(SCC(=O)N/N=C\c3cc(Br)ccc3O)nc3ccccc3c2=O)cc1. The van der Waals surface area contributed by atoms with E-state index in [1.165, 1.54) is 16.8 Å². The Morgan fingerprint density at radius 2 is 1.97 bits per heavy atom. The number of fused-ring (bicyclic) bond motifs is 1. The second-order valence-electron chi connectivity index (χ2n) is 7.04. The van der Waals surface area contributed by atoms with Crippen molar-refractivity contribution in [1.29, 1.82) is 0 Å². The molecule has 0 saturated heterocycles. The predicted molar refractivity (Wildman–Crippen MR) is 136 cm³/mol.